The maximum atomic E-state index is 11.8. The molecular weight excluding hydrogens is 296 g/mol. The van der Waals surface area contributed by atoms with Gasteiger partial charge in [0.1, 0.15) is 5.60 Å². The van der Waals surface area contributed by atoms with Crippen molar-refractivity contribution >= 4 is 5.97 Å². The highest BCUT2D eigenvalue weighted by Gasteiger charge is 2.59. The van der Waals surface area contributed by atoms with Crippen LogP contribution in [0.2, 0.25) is 0 Å². The van der Waals surface area contributed by atoms with E-state index in [4.69, 9.17) is 4.74 Å². The molecule has 2 aliphatic rings. The number of fused-ring (bicyclic) bond motifs is 1. The zero-order valence-corrected chi connectivity index (χ0v) is 16.6. The summed E-state index contributed by atoms with van der Waals surface area (Å²) < 4.78 is 5.95. The van der Waals surface area contributed by atoms with E-state index in [1.165, 1.54) is 24.8 Å². The molecule has 0 aromatic carbocycles. The van der Waals surface area contributed by atoms with Crippen LogP contribution in [0, 0.1) is 22.7 Å². The Kier molecular flexibility index (Phi) is 5.37. The van der Waals surface area contributed by atoms with Crippen LogP contribution < -0.4 is 0 Å². The van der Waals surface area contributed by atoms with Gasteiger partial charge in [-0.2, -0.15) is 0 Å². The number of esters is 1. The zero-order chi connectivity index (χ0) is 18.2. The predicted molar refractivity (Wildman–Crippen MR) is 101 cm³/mol. The van der Waals surface area contributed by atoms with Crippen LogP contribution in [0.3, 0.4) is 0 Å². The largest absolute Gasteiger partial charge is 0.459 e. The molecule has 4 atom stereocenters. The van der Waals surface area contributed by atoms with Gasteiger partial charge in [0.05, 0.1) is 0 Å². The molecule has 0 aromatic heterocycles. The minimum Gasteiger partial charge on any atom is -0.459 e. The van der Waals surface area contributed by atoms with Crippen LogP contribution in [0.15, 0.2) is 24.3 Å². The van der Waals surface area contributed by atoms with E-state index in [1.807, 2.05) is 6.08 Å². The third-order valence-electron chi connectivity index (χ3n) is 7.11. The number of hydrogen-bond acceptors (Lipinski definition) is 2. The summed E-state index contributed by atoms with van der Waals surface area (Å²) in [5.74, 6) is 0.913. The molecule has 0 heterocycles. The lowest BCUT2D eigenvalue weighted by molar-refractivity contribution is -0.197. The van der Waals surface area contributed by atoms with Gasteiger partial charge in [-0.25, -0.2) is 0 Å². The van der Waals surface area contributed by atoms with Crippen LogP contribution in [0.5, 0.6) is 0 Å². The second kappa shape index (κ2) is 6.69. The molecule has 2 aliphatic carbocycles. The molecule has 0 saturated heterocycles. The topological polar surface area (TPSA) is 26.3 Å². The van der Waals surface area contributed by atoms with Gasteiger partial charge in [0.25, 0.3) is 0 Å². The van der Waals surface area contributed by atoms with E-state index in [2.05, 4.69) is 47.3 Å². The van der Waals surface area contributed by atoms with E-state index in [-0.39, 0.29) is 17.0 Å². The van der Waals surface area contributed by atoms with E-state index in [0.29, 0.717) is 17.3 Å². The van der Waals surface area contributed by atoms with Gasteiger partial charge < -0.3 is 4.74 Å². The fraction of sp³-hybridized carbons (Fsp3) is 0.773. The zero-order valence-electron chi connectivity index (χ0n) is 16.6. The van der Waals surface area contributed by atoms with Gasteiger partial charge in [-0.3, -0.25) is 4.79 Å². The Morgan fingerprint density at radius 1 is 1.17 bits per heavy atom. The Morgan fingerprint density at radius 3 is 2.42 bits per heavy atom. The van der Waals surface area contributed by atoms with Gasteiger partial charge in [0.15, 0.2) is 0 Å². The van der Waals surface area contributed by atoms with Gasteiger partial charge in [-0.05, 0) is 62.7 Å². The molecule has 0 spiro atoms. The number of rotatable bonds is 4. The van der Waals surface area contributed by atoms with Crippen LogP contribution in [0.4, 0.5) is 0 Å². The molecule has 0 unspecified atom stereocenters. The van der Waals surface area contributed by atoms with Crippen molar-refractivity contribution < 1.29 is 9.53 Å². The second-order valence-electron chi connectivity index (χ2n) is 9.29. The van der Waals surface area contributed by atoms with E-state index in [9.17, 15) is 4.79 Å². The lowest BCUT2D eigenvalue weighted by Crippen LogP contribution is -2.58. The number of allylic oxidation sites excluding steroid dienone is 3. The summed E-state index contributed by atoms with van der Waals surface area (Å²) in [5, 5.41) is 0. The molecular formula is C22H36O2. The lowest BCUT2D eigenvalue weighted by Gasteiger charge is -2.61. The van der Waals surface area contributed by atoms with Crippen LogP contribution in [0.25, 0.3) is 0 Å². The van der Waals surface area contributed by atoms with Crippen molar-refractivity contribution in [1.82, 2.24) is 0 Å². The summed E-state index contributed by atoms with van der Waals surface area (Å²) in [6.45, 7) is 17.0. The first-order valence-electron chi connectivity index (χ1n) is 9.54. The summed E-state index contributed by atoms with van der Waals surface area (Å²) in [6.07, 6.45) is 11.1. The van der Waals surface area contributed by atoms with Crippen molar-refractivity contribution in [2.24, 2.45) is 22.7 Å². The fourth-order valence-corrected chi connectivity index (χ4v) is 5.96. The Morgan fingerprint density at radius 2 is 1.83 bits per heavy atom. The molecule has 2 saturated carbocycles. The molecule has 136 valence electrons. The van der Waals surface area contributed by atoms with Crippen LogP contribution in [-0.2, 0) is 9.53 Å². The third kappa shape index (κ3) is 3.48. The minimum absolute atomic E-state index is 0.149. The minimum atomic E-state index is -0.359. The predicted octanol–water partition coefficient (Wildman–Crippen LogP) is 6.07. The van der Waals surface area contributed by atoms with E-state index in [0.717, 1.165) is 19.3 Å². The molecule has 0 N–H and O–H groups in total. The maximum absolute atomic E-state index is 11.8. The summed E-state index contributed by atoms with van der Waals surface area (Å²) in [4.78, 5) is 11.8. The van der Waals surface area contributed by atoms with Crippen molar-refractivity contribution in [2.75, 3.05) is 0 Å². The van der Waals surface area contributed by atoms with Gasteiger partial charge >= 0.3 is 5.97 Å². The monoisotopic (exact) mass is 332 g/mol. The summed E-state index contributed by atoms with van der Waals surface area (Å²) in [5.41, 5.74) is 1.45. The first-order chi connectivity index (χ1) is 11.0. The summed E-state index contributed by atoms with van der Waals surface area (Å²) in [6, 6.07) is 0. The van der Waals surface area contributed by atoms with Gasteiger partial charge in [-0.1, -0.05) is 51.5 Å². The van der Waals surface area contributed by atoms with Crippen LogP contribution in [-0.4, -0.2) is 11.6 Å². The van der Waals surface area contributed by atoms with E-state index < -0.39 is 0 Å². The van der Waals surface area contributed by atoms with Gasteiger partial charge in [0.2, 0.25) is 0 Å². The average Bonchev–Trinajstić information content (AvgIpc) is 2.44. The van der Waals surface area contributed by atoms with E-state index in [1.54, 1.807) is 6.92 Å². The van der Waals surface area contributed by atoms with E-state index >= 15 is 0 Å². The number of ether oxygens (including phenoxy) is 1. The molecule has 0 bridgehead atoms. The molecule has 0 amide bonds. The van der Waals surface area contributed by atoms with Crippen molar-refractivity contribution in [2.45, 2.75) is 85.7 Å². The Labute approximate surface area is 148 Å². The Bertz CT molecular complexity index is 530. The quantitative estimate of drug-likeness (QED) is 0.461. The van der Waals surface area contributed by atoms with Gasteiger partial charge in [-0.15, -0.1) is 0 Å². The standard InChI is InChI=1S/C22H36O2/c1-8-16(2)10-11-19-21(6)14-9-13-20(4,5)18(21)12-15-22(19,7)24-17(3)23/h8,10,18-19H,1,9,11-15H2,2-7H3/b16-10+/t18-,19+,21-,22+/m0/s1. The van der Waals surface area contributed by atoms with Crippen LogP contribution >= 0.6 is 0 Å². The maximum Gasteiger partial charge on any atom is 0.303 e. The molecule has 2 fully saturated rings. The smallest absolute Gasteiger partial charge is 0.303 e. The number of hydrogen-bond donors (Lipinski definition) is 0. The van der Waals surface area contributed by atoms with Crippen molar-refractivity contribution in [3.63, 3.8) is 0 Å². The molecule has 2 rings (SSSR count). The summed E-state index contributed by atoms with van der Waals surface area (Å²) >= 11 is 0. The highest BCUT2D eigenvalue weighted by Crippen LogP contribution is 2.63. The van der Waals surface area contributed by atoms with Crippen LogP contribution in [0.1, 0.15) is 80.1 Å². The molecule has 24 heavy (non-hydrogen) atoms. The average molecular weight is 333 g/mol. The Hall–Kier alpha value is -1.05. The molecule has 0 aliphatic heterocycles. The lowest BCUT2D eigenvalue weighted by atomic mass is 9.45. The van der Waals surface area contributed by atoms with Crippen molar-refractivity contribution in [3.8, 4) is 0 Å². The normalized spacial score (nSPS) is 39.0. The first kappa shape index (κ1) is 19.3. The third-order valence-corrected chi connectivity index (χ3v) is 7.11. The Balaban J connectivity index is 2.43. The molecule has 0 radical (unpaired) electrons. The highest BCUT2D eigenvalue weighted by molar-refractivity contribution is 5.66. The van der Waals surface area contributed by atoms with Crippen molar-refractivity contribution in [1.29, 1.82) is 0 Å². The number of carbonyl (C=O) groups excluding carboxylic acids is 1. The molecule has 2 heteroatoms. The first-order valence-corrected chi connectivity index (χ1v) is 9.54. The van der Waals surface area contributed by atoms with Crippen molar-refractivity contribution in [3.05, 3.63) is 24.3 Å². The number of carbonyl (C=O) groups is 1. The SMILES string of the molecule is C=C/C(C)=C/C[C@@H]1[C@@]2(C)CCCC(C)(C)[C@@H]2CC[C@@]1(C)OC(C)=O. The molecule has 0 aromatic rings. The second-order valence-corrected chi connectivity index (χ2v) is 9.29. The van der Waals surface area contributed by atoms with Gasteiger partial charge in [0, 0.05) is 12.8 Å². The fourth-order valence-electron chi connectivity index (χ4n) is 5.96. The highest BCUT2D eigenvalue weighted by atomic mass is 16.6. The molecule has 2 nitrogen and oxygen atoms in total. The summed E-state index contributed by atoms with van der Waals surface area (Å²) in [7, 11) is 0.